The van der Waals surface area contributed by atoms with Crippen LogP contribution in [-0.2, 0) is 17.9 Å². The number of benzene rings is 3. The molecule has 0 spiro atoms. The summed E-state index contributed by atoms with van der Waals surface area (Å²) in [5, 5.41) is 14.4. The van der Waals surface area contributed by atoms with E-state index in [-0.39, 0.29) is 0 Å². The highest BCUT2D eigenvalue weighted by atomic mass is 16.5. The summed E-state index contributed by atoms with van der Waals surface area (Å²) in [6, 6.07) is 19.6. The molecule has 3 aromatic rings. The molecule has 3 aromatic carbocycles. The number of aliphatic carboxylic acids is 1. The fourth-order valence-electron chi connectivity index (χ4n) is 2.90. The highest BCUT2D eigenvalue weighted by molar-refractivity contribution is 5.87. The zero-order valence-corrected chi connectivity index (χ0v) is 15.0. The Morgan fingerprint density at radius 1 is 1.08 bits per heavy atom. The van der Waals surface area contributed by atoms with Crippen LogP contribution < -0.4 is 10.1 Å². The molecule has 0 aliphatic rings. The molecule has 1 unspecified atom stereocenters. The number of nitrogens with one attached hydrogen (secondary N) is 1. The minimum absolute atomic E-state index is 0.428. The van der Waals surface area contributed by atoms with E-state index >= 15 is 0 Å². The molecule has 4 nitrogen and oxygen atoms in total. The molecule has 26 heavy (non-hydrogen) atoms. The normalized spacial score (nSPS) is 12.1. The number of hydrogen-bond donors (Lipinski definition) is 2. The van der Waals surface area contributed by atoms with Crippen LogP contribution in [0.5, 0.6) is 5.75 Å². The van der Waals surface area contributed by atoms with Gasteiger partial charge in [0.25, 0.3) is 0 Å². The van der Waals surface area contributed by atoms with Gasteiger partial charge < -0.3 is 15.2 Å². The van der Waals surface area contributed by atoms with E-state index in [9.17, 15) is 4.79 Å². The van der Waals surface area contributed by atoms with Crippen molar-refractivity contribution >= 4 is 16.7 Å². The summed E-state index contributed by atoms with van der Waals surface area (Å²) in [7, 11) is 0. The molecule has 0 heterocycles. The van der Waals surface area contributed by atoms with Crippen molar-refractivity contribution in [2.75, 3.05) is 0 Å². The zero-order valence-electron chi connectivity index (χ0n) is 15.0. The molecular weight excluding hydrogens is 326 g/mol. The van der Waals surface area contributed by atoms with Crippen LogP contribution in [0, 0.1) is 6.92 Å². The van der Waals surface area contributed by atoms with E-state index in [1.807, 2.05) is 48.5 Å². The largest absolute Gasteiger partial charge is 0.489 e. The quantitative estimate of drug-likeness (QED) is 0.668. The number of aryl methyl sites for hydroxylation is 1. The van der Waals surface area contributed by atoms with Crippen LogP contribution in [0.25, 0.3) is 10.8 Å². The van der Waals surface area contributed by atoms with Crippen molar-refractivity contribution in [2.24, 2.45) is 0 Å². The number of carboxylic acids is 1. The molecule has 0 radical (unpaired) electrons. The van der Waals surface area contributed by atoms with E-state index in [4.69, 9.17) is 9.84 Å². The van der Waals surface area contributed by atoms with E-state index in [0.717, 1.165) is 27.6 Å². The van der Waals surface area contributed by atoms with Crippen LogP contribution in [0.2, 0.25) is 0 Å². The SMILES string of the molecule is Cc1ccccc1COc1ccc2ccccc2c1CNC(C)C(=O)O. The van der Waals surface area contributed by atoms with Crippen LogP contribution in [0.15, 0.2) is 60.7 Å². The summed E-state index contributed by atoms with van der Waals surface area (Å²) < 4.78 is 6.12. The standard InChI is InChI=1S/C22H23NO3/c1-15-7-3-4-9-18(15)14-26-21-12-11-17-8-5-6-10-19(17)20(21)13-23-16(2)22(24)25/h3-12,16,23H,13-14H2,1-2H3,(H,24,25). The first-order chi connectivity index (χ1) is 12.6. The third-order valence-corrected chi connectivity index (χ3v) is 4.60. The highest BCUT2D eigenvalue weighted by Gasteiger charge is 2.14. The molecule has 3 rings (SSSR count). The van der Waals surface area contributed by atoms with Gasteiger partial charge in [-0.3, -0.25) is 4.79 Å². The molecule has 1 atom stereocenters. The smallest absolute Gasteiger partial charge is 0.320 e. The summed E-state index contributed by atoms with van der Waals surface area (Å²) in [6.45, 7) is 4.61. The Morgan fingerprint density at radius 2 is 1.81 bits per heavy atom. The van der Waals surface area contributed by atoms with Crippen molar-refractivity contribution in [1.29, 1.82) is 0 Å². The number of carboxylic acid groups (broad SMARTS) is 1. The molecule has 0 amide bonds. The number of carbonyl (C=O) groups is 1. The minimum Gasteiger partial charge on any atom is -0.489 e. The van der Waals surface area contributed by atoms with Gasteiger partial charge in [-0.05, 0) is 41.8 Å². The van der Waals surface area contributed by atoms with Gasteiger partial charge in [-0.2, -0.15) is 0 Å². The van der Waals surface area contributed by atoms with Crippen molar-refractivity contribution < 1.29 is 14.6 Å². The first-order valence-electron chi connectivity index (χ1n) is 8.70. The molecule has 0 aliphatic carbocycles. The lowest BCUT2D eigenvalue weighted by atomic mass is 10.0. The van der Waals surface area contributed by atoms with Gasteiger partial charge in [-0.15, -0.1) is 0 Å². The van der Waals surface area contributed by atoms with Gasteiger partial charge in [0.05, 0.1) is 0 Å². The fourth-order valence-corrected chi connectivity index (χ4v) is 2.90. The molecule has 134 valence electrons. The maximum Gasteiger partial charge on any atom is 0.320 e. The molecule has 0 bridgehead atoms. The summed E-state index contributed by atoms with van der Waals surface area (Å²) in [5.41, 5.74) is 3.30. The van der Waals surface area contributed by atoms with Gasteiger partial charge >= 0.3 is 5.97 Å². The average Bonchev–Trinajstić information content (AvgIpc) is 2.65. The van der Waals surface area contributed by atoms with Crippen LogP contribution in [-0.4, -0.2) is 17.1 Å². The third kappa shape index (κ3) is 4.03. The monoisotopic (exact) mass is 349 g/mol. The van der Waals surface area contributed by atoms with Crippen molar-refractivity contribution in [3.63, 3.8) is 0 Å². The first kappa shape index (κ1) is 18.0. The Kier molecular flexibility index (Phi) is 5.54. The highest BCUT2D eigenvalue weighted by Crippen LogP contribution is 2.29. The summed E-state index contributed by atoms with van der Waals surface area (Å²) >= 11 is 0. The molecule has 0 aliphatic heterocycles. The van der Waals surface area contributed by atoms with Crippen molar-refractivity contribution in [3.8, 4) is 5.75 Å². The van der Waals surface area contributed by atoms with E-state index < -0.39 is 12.0 Å². The van der Waals surface area contributed by atoms with E-state index in [1.165, 1.54) is 5.56 Å². The topological polar surface area (TPSA) is 58.6 Å². The Morgan fingerprint density at radius 3 is 2.58 bits per heavy atom. The number of ether oxygens (including phenoxy) is 1. The number of hydrogen-bond acceptors (Lipinski definition) is 3. The van der Waals surface area contributed by atoms with Gasteiger partial charge in [0.15, 0.2) is 0 Å². The van der Waals surface area contributed by atoms with E-state index in [0.29, 0.717) is 13.2 Å². The Balaban J connectivity index is 1.89. The Bertz CT molecular complexity index is 920. The molecular formula is C22H23NO3. The lowest BCUT2D eigenvalue weighted by molar-refractivity contribution is -0.139. The Labute approximate surface area is 153 Å². The second-order valence-electron chi connectivity index (χ2n) is 6.42. The van der Waals surface area contributed by atoms with Crippen molar-refractivity contribution in [3.05, 3.63) is 77.4 Å². The van der Waals surface area contributed by atoms with Gasteiger partial charge in [0.2, 0.25) is 0 Å². The molecule has 0 saturated heterocycles. The lowest BCUT2D eigenvalue weighted by Crippen LogP contribution is -2.33. The second kappa shape index (κ2) is 8.02. The number of rotatable bonds is 7. The number of fused-ring (bicyclic) bond motifs is 1. The predicted molar refractivity (Wildman–Crippen MR) is 103 cm³/mol. The van der Waals surface area contributed by atoms with Crippen LogP contribution in [0.4, 0.5) is 0 Å². The second-order valence-corrected chi connectivity index (χ2v) is 6.42. The maximum atomic E-state index is 11.1. The van der Waals surface area contributed by atoms with Gasteiger partial charge in [-0.1, -0.05) is 54.6 Å². The summed E-state index contributed by atoms with van der Waals surface area (Å²) in [4.78, 5) is 11.1. The lowest BCUT2D eigenvalue weighted by Gasteiger charge is -2.17. The molecule has 4 heteroatoms. The predicted octanol–water partition coefficient (Wildman–Crippen LogP) is 4.29. The van der Waals surface area contributed by atoms with Crippen LogP contribution in [0.3, 0.4) is 0 Å². The summed E-state index contributed by atoms with van der Waals surface area (Å²) in [6.07, 6.45) is 0. The average molecular weight is 349 g/mol. The first-order valence-corrected chi connectivity index (χ1v) is 8.70. The van der Waals surface area contributed by atoms with Crippen molar-refractivity contribution in [1.82, 2.24) is 5.32 Å². The minimum atomic E-state index is -0.868. The molecule has 0 fully saturated rings. The molecule has 0 saturated carbocycles. The zero-order chi connectivity index (χ0) is 18.5. The van der Waals surface area contributed by atoms with Crippen molar-refractivity contribution in [2.45, 2.75) is 33.0 Å². The fraction of sp³-hybridized carbons (Fsp3) is 0.227. The Hall–Kier alpha value is -2.85. The van der Waals surface area contributed by atoms with Gasteiger partial charge in [0.1, 0.15) is 18.4 Å². The molecule has 0 aromatic heterocycles. The van der Waals surface area contributed by atoms with Crippen LogP contribution in [0.1, 0.15) is 23.6 Å². The van der Waals surface area contributed by atoms with E-state index in [1.54, 1.807) is 6.92 Å². The summed E-state index contributed by atoms with van der Waals surface area (Å²) in [5.74, 6) is -0.0929. The van der Waals surface area contributed by atoms with Crippen LogP contribution >= 0.6 is 0 Å². The van der Waals surface area contributed by atoms with Gasteiger partial charge in [-0.25, -0.2) is 0 Å². The molecule has 2 N–H and O–H groups in total. The third-order valence-electron chi connectivity index (χ3n) is 4.60. The van der Waals surface area contributed by atoms with E-state index in [2.05, 4.69) is 24.4 Å². The maximum absolute atomic E-state index is 11.1. The van der Waals surface area contributed by atoms with Gasteiger partial charge in [0, 0.05) is 12.1 Å².